The van der Waals surface area contributed by atoms with E-state index in [9.17, 15) is 31.2 Å². The number of nitrogens with zero attached hydrogens (tertiary/aromatic N) is 3. The quantitative estimate of drug-likeness (QED) is 0.480. The van der Waals surface area contributed by atoms with Gasteiger partial charge in [-0.25, -0.2) is 26.6 Å². The summed E-state index contributed by atoms with van der Waals surface area (Å²) in [5, 5.41) is 2.13. The number of hydrogen-bond acceptors (Lipinski definition) is 5. The van der Waals surface area contributed by atoms with Gasteiger partial charge in [-0.2, -0.15) is 4.31 Å². The number of nitrogens with two attached hydrogens (primary N) is 1. The summed E-state index contributed by atoms with van der Waals surface area (Å²) in [6.45, 7) is -0.251. The highest BCUT2D eigenvalue weighted by Crippen LogP contribution is 2.17. The lowest BCUT2D eigenvalue weighted by atomic mass is 10.0. The molecule has 2 rings (SSSR count). The monoisotopic (exact) mass is 470 g/mol. The third-order valence-electron chi connectivity index (χ3n) is 4.58. The Bertz CT molecular complexity index is 919. The summed E-state index contributed by atoms with van der Waals surface area (Å²) in [4.78, 5) is 24.9. The Morgan fingerprint density at radius 3 is 2.10 bits per heavy atom. The van der Waals surface area contributed by atoms with Crippen molar-refractivity contribution >= 4 is 33.4 Å². The van der Waals surface area contributed by atoms with Crippen LogP contribution in [0.1, 0.15) is 12.0 Å². The van der Waals surface area contributed by atoms with Crippen molar-refractivity contribution in [3.05, 3.63) is 35.1 Å². The molecular weight excluding hydrogens is 449 g/mol. The first-order valence-electron chi connectivity index (χ1n) is 8.94. The maximum atomic E-state index is 13.8. The van der Waals surface area contributed by atoms with Gasteiger partial charge in [0.25, 0.3) is 5.91 Å². The summed E-state index contributed by atoms with van der Waals surface area (Å²) in [5.74, 6) is -5.20. The highest BCUT2D eigenvalue weighted by atomic mass is 35.5. The summed E-state index contributed by atoms with van der Waals surface area (Å²) >= 11 is 5.60. The van der Waals surface area contributed by atoms with Crippen LogP contribution in [0, 0.1) is 17.5 Å². The average Bonchev–Trinajstić information content (AvgIpc) is 2.88. The second kappa shape index (κ2) is 9.94. The molecule has 1 atom stereocenters. The van der Waals surface area contributed by atoms with Crippen molar-refractivity contribution in [3.63, 3.8) is 0 Å². The molecule has 1 aliphatic rings. The minimum atomic E-state index is -3.54. The second-order valence-corrected chi connectivity index (χ2v) is 9.11. The smallest absolute Gasteiger partial charge is 0.256 e. The topological polar surface area (TPSA) is 104 Å². The zero-order valence-electron chi connectivity index (χ0n) is 16.2. The fourth-order valence-electron chi connectivity index (χ4n) is 3.09. The minimum absolute atomic E-state index is 0.0165. The number of rotatable bonds is 6. The molecule has 2 amide bonds. The van der Waals surface area contributed by atoms with E-state index in [0.29, 0.717) is 12.1 Å². The van der Waals surface area contributed by atoms with E-state index in [1.165, 1.54) is 0 Å². The molecule has 0 radical (unpaired) electrons. The molecular formula is C17H22ClF3N4O4S. The van der Waals surface area contributed by atoms with Crippen molar-refractivity contribution in [1.29, 1.82) is 0 Å². The number of hydrogen-bond donors (Lipinski definition) is 1. The zero-order chi connectivity index (χ0) is 22.6. The molecule has 13 heteroatoms. The lowest BCUT2D eigenvalue weighted by Crippen LogP contribution is -2.52. The molecule has 1 aromatic carbocycles. The van der Waals surface area contributed by atoms with Crippen LogP contribution >= 0.6 is 11.6 Å². The molecule has 0 aliphatic carbocycles. The Hall–Kier alpha value is -1.89. The van der Waals surface area contributed by atoms with Gasteiger partial charge in [0.2, 0.25) is 15.9 Å². The average molecular weight is 471 g/mol. The number of carbonyl (C=O) groups is 2. The molecule has 0 spiro atoms. The minimum Gasteiger partial charge on any atom is -0.327 e. The number of benzene rings is 1. The van der Waals surface area contributed by atoms with Crippen LogP contribution < -0.4 is 5.73 Å². The molecule has 30 heavy (non-hydrogen) atoms. The van der Waals surface area contributed by atoms with Crippen molar-refractivity contribution in [3.8, 4) is 0 Å². The molecule has 0 aromatic heterocycles. The van der Waals surface area contributed by atoms with Crippen LogP contribution in [-0.4, -0.2) is 78.9 Å². The molecule has 168 valence electrons. The summed E-state index contributed by atoms with van der Waals surface area (Å²) in [6.07, 6.45) is 0.426. The predicted molar refractivity (Wildman–Crippen MR) is 103 cm³/mol. The fraction of sp³-hybridized carbons (Fsp3) is 0.529. The molecule has 8 nitrogen and oxygen atoms in total. The molecule has 2 N–H and O–H groups in total. The Balaban J connectivity index is 2.13. The van der Waals surface area contributed by atoms with Crippen molar-refractivity contribution < 1.29 is 31.2 Å². The standard InChI is InChI=1S/C17H22ClF3N4O4S/c1-30(28,29)23-2-4-24(25(5-3-23)17(27)10-18)16(26)8-12(22)6-11-7-14(20)15(21)9-13(11)19/h7,9,12H,2-6,8,10,22H2,1H3/t12-/m1/s1. The van der Waals surface area contributed by atoms with Gasteiger partial charge in [0.1, 0.15) is 11.7 Å². The molecule has 1 aromatic rings. The van der Waals surface area contributed by atoms with Crippen LogP contribution in [0.4, 0.5) is 13.2 Å². The number of carbonyl (C=O) groups excluding carboxylic acids is 2. The first-order chi connectivity index (χ1) is 13.9. The zero-order valence-corrected chi connectivity index (χ0v) is 17.7. The largest absolute Gasteiger partial charge is 0.327 e. The van der Waals surface area contributed by atoms with Gasteiger partial charge >= 0.3 is 0 Å². The number of alkyl halides is 1. The first kappa shape index (κ1) is 24.4. The van der Waals surface area contributed by atoms with Crippen molar-refractivity contribution in [2.75, 3.05) is 38.3 Å². The van der Waals surface area contributed by atoms with Gasteiger partial charge in [-0.3, -0.25) is 14.6 Å². The van der Waals surface area contributed by atoms with E-state index in [4.69, 9.17) is 17.3 Å². The highest BCUT2D eigenvalue weighted by molar-refractivity contribution is 7.88. The van der Waals surface area contributed by atoms with Gasteiger partial charge in [-0.05, 0) is 18.1 Å². The molecule has 0 bridgehead atoms. The summed E-state index contributed by atoms with van der Waals surface area (Å²) < 4.78 is 65.0. The van der Waals surface area contributed by atoms with Crippen LogP contribution in [0.3, 0.4) is 0 Å². The lowest BCUT2D eigenvalue weighted by Gasteiger charge is -2.33. The molecule has 1 saturated heterocycles. The Morgan fingerprint density at radius 1 is 1.03 bits per heavy atom. The lowest BCUT2D eigenvalue weighted by molar-refractivity contribution is -0.161. The molecule has 0 unspecified atom stereocenters. The Kier molecular flexibility index (Phi) is 8.08. The number of amides is 2. The number of hydrazine groups is 1. The van der Waals surface area contributed by atoms with Crippen molar-refractivity contribution in [1.82, 2.24) is 14.3 Å². The van der Waals surface area contributed by atoms with Crippen LogP contribution in [0.5, 0.6) is 0 Å². The SMILES string of the molecule is CS(=O)(=O)N1CCN(C(=O)CCl)N(C(=O)C[C@H](N)Cc2cc(F)c(F)cc2F)CC1. The van der Waals surface area contributed by atoms with Crippen molar-refractivity contribution in [2.45, 2.75) is 18.9 Å². The number of halogens is 4. The maximum absolute atomic E-state index is 13.8. The van der Waals surface area contributed by atoms with Gasteiger partial charge in [0, 0.05) is 31.6 Å². The maximum Gasteiger partial charge on any atom is 0.256 e. The van der Waals surface area contributed by atoms with E-state index < -0.39 is 51.2 Å². The van der Waals surface area contributed by atoms with Crippen LogP contribution in [0.2, 0.25) is 0 Å². The van der Waals surface area contributed by atoms with E-state index in [1.807, 2.05) is 0 Å². The third kappa shape index (κ3) is 6.06. The van der Waals surface area contributed by atoms with Gasteiger partial charge < -0.3 is 5.73 Å². The third-order valence-corrected chi connectivity index (χ3v) is 6.11. The molecule has 0 saturated carbocycles. The number of sulfonamides is 1. The predicted octanol–water partition coefficient (Wildman–Crippen LogP) is 0.450. The van der Waals surface area contributed by atoms with E-state index in [2.05, 4.69) is 0 Å². The fourth-order valence-corrected chi connectivity index (χ4v) is 4.05. The molecule has 1 aliphatic heterocycles. The first-order valence-corrected chi connectivity index (χ1v) is 11.3. The summed E-state index contributed by atoms with van der Waals surface area (Å²) in [5.41, 5.74) is 5.70. The van der Waals surface area contributed by atoms with Gasteiger partial charge in [-0.1, -0.05) is 0 Å². The normalized spacial score (nSPS) is 17.0. The van der Waals surface area contributed by atoms with E-state index in [0.717, 1.165) is 20.6 Å². The Morgan fingerprint density at radius 2 is 1.57 bits per heavy atom. The van der Waals surface area contributed by atoms with E-state index in [-0.39, 0.29) is 44.6 Å². The molecule has 1 fully saturated rings. The van der Waals surface area contributed by atoms with Crippen molar-refractivity contribution in [2.24, 2.45) is 5.73 Å². The summed E-state index contributed by atoms with van der Waals surface area (Å²) in [7, 11) is -3.54. The summed E-state index contributed by atoms with van der Waals surface area (Å²) in [6, 6.07) is 0.113. The Labute approximate surface area is 177 Å². The molecule has 1 heterocycles. The van der Waals surface area contributed by atoms with E-state index >= 15 is 0 Å². The van der Waals surface area contributed by atoms with Crippen LogP contribution in [0.25, 0.3) is 0 Å². The van der Waals surface area contributed by atoms with Gasteiger partial charge in [-0.15, -0.1) is 11.6 Å². The second-order valence-electron chi connectivity index (χ2n) is 6.86. The highest BCUT2D eigenvalue weighted by Gasteiger charge is 2.32. The van der Waals surface area contributed by atoms with Crippen LogP contribution in [-0.2, 0) is 26.0 Å². The van der Waals surface area contributed by atoms with Gasteiger partial charge in [0.05, 0.1) is 19.3 Å². The van der Waals surface area contributed by atoms with Crippen LogP contribution in [0.15, 0.2) is 12.1 Å². The van der Waals surface area contributed by atoms with E-state index in [1.54, 1.807) is 0 Å². The van der Waals surface area contributed by atoms with Gasteiger partial charge in [0.15, 0.2) is 11.6 Å².